The number of aromatic hydroxyl groups is 1. The Balaban J connectivity index is 2.59. The minimum absolute atomic E-state index is 0.0495. The second-order valence-electron chi connectivity index (χ2n) is 3.51. The number of pyridine rings is 1. The summed E-state index contributed by atoms with van der Waals surface area (Å²) in [5.41, 5.74) is 3.21. The zero-order chi connectivity index (χ0) is 11.5. The molecule has 0 aliphatic heterocycles. The number of phenols is 1. The Morgan fingerprint density at radius 1 is 1.25 bits per heavy atom. The first-order valence-electron chi connectivity index (χ1n) is 4.93. The van der Waals surface area contributed by atoms with Crippen LogP contribution in [0.2, 0.25) is 0 Å². The molecule has 0 atom stereocenters. The number of benzene rings is 1. The normalized spacial score (nSPS) is 10.8. The predicted octanol–water partition coefficient (Wildman–Crippen LogP) is 0.755. The van der Waals surface area contributed by atoms with Crippen molar-refractivity contribution < 1.29 is 10.3 Å². The van der Waals surface area contributed by atoms with E-state index in [0.29, 0.717) is 18.5 Å². The summed E-state index contributed by atoms with van der Waals surface area (Å²) in [6.07, 6.45) is 0.610. The van der Waals surface area contributed by atoms with Crippen molar-refractivity contribution in [3.63, 3.8) is 0 Å². The van der Waals surface area contributed by atoms with Gasteiger partial charge in [-0.25, -0.2) is 5.48 Å². The highest BCUT2D eigenvalue weighted by atomic mass is 16.5. The Kier molecular flexibility index (Phi) is 2.89. The Hall–Kier alpha value is -1.85. The second kappa shape index (κ2) is 4.34. The first-order valence-corrected chi connectivity index (χ1v) is 4.93. The van der Waals surface area contributed by atoms with Crippen LogP contribution in [0.25, 0.3) is 10.9 Å². The Labute approximate surface area is 91.3 Å². The summed E-state index contributed by atoms with van der Waals surface area (Å²) in [5.74, 6) is 0.0495. The Morgan fingerprint density at radius 3 is 2.81 bits per heavy atom. The summed E-state index contributed by atoms with van der Waals surface area (Å²) in [4.78, 5) is 13.7. The molecule has 0 saturated heterocycles. The summed E-state index contributed by atoms with van der Waals surface area (Å²) in [5, 5.41) is 18.9. The number of hydrogen-bond donors (Lipinski definition) is 4. The van der Waals surface area contributed by atoms with Gasteiger partial charge in [0.2, 0.25) is 5.56 Å². The zero-order valence-corrected chi connectivity index (χ0v) is 8.53. The van der Waals surface area contributed by atoms with Crippen molar-refractivity contribution in [2.24, 2.45) is 0 Å². The molecular formula is C11H12N2O3. The first-order chi connectivity index (χ1) is 7.72. The van der Waals surface area contributed by atoms with Gasteiger partial charge in [0.1, 0.15) is 5.75 Å². The molecule has 1 heterocycles. The van der Waals surface area contributed by atoms with Crippen LogP contribution in [0.1, 0.15) is 5.56 Å². The summed E-state index contributed by atoms with van der Waals surface area (Å²) in [6, 6.07) is 6.39. The molecule has 0 fully saturated rings. The number of aromatic nitrogens is 1. The third-order valence-corrected chi connectivity index (χ3v) is 2.47. The van der Waals surface area contributed by atoms with Gasteiger partial charge in [0.05, 0.1) is 5.52 Å². The molecule has 0 aliphatic carbocycles. The van der Waals surface area contributed by atoms with Gasteiger partial charge in [-0.05, 0) is 24.1 Å². The second-order valence-corrected chi connectivity index (χ2v) is 3.51. The highest BCUT2D eigenvalue weighted by Crippen LogP contribution is 2.24. The number of H-pyrrole nitrogens is 1. The number of fused-ring (bicyclic) bond motifs is 1. The molecule has 1 aromatic heterocycles. The van der Waals surface area contributed by atoms with Crippen LogP contribution in [0.3, 0.4) is 0 Å². The number of aromatic amines is 1. The van der Waals surface area contributed by atoms with Gasteiger partial charge >= 0.3 is 0 Å². The molecule has 84 valence electrons. The van der Waals surface area contributed by atoms with Crippen molar-refractivity contribution in [2.75, 3.05) is 6.54 Å². The number of rotatable bonds is 3. The summed E-state index contributed by atoms with van der Waals surface area (Å²) in [6.45, 7) is 0.416. The van der Waals surface area contributed by atoms with E-state index in [0.717, 1.165) is 10.9 Å². The Morgan fingerprint density at radius 2 is 2.06 bits per heavy atom. The van der Waals surface area contributed by atoms with Crippen molar-refractivity contribution >= 4 is 10.9 Å². The van der Waals surface area contributed by atoms with E-state index in [9.17, 15) is 9.90 Å². The molecule has 0 unspecified atom stereocenters. The van der Waals surface area contributed by atoms with E-state index < -0.39 is 0 Å². The molecule has 0 saturated carbocycles. The zero-order valence-electron chi connectivity index (χ0n) is 8.53. The molecule has 0 aliphatic rings. The van der Waals surface area contributed by atoms with Gasteiger partial charge in [-0.2, -0.15) is 0 Å². The number of nitrogens with one attached hydrogen (secondary N) is 2. The molecule has 1 aromatic carbocycles. The van der Waals surface area contributed by atoms with Crippen LogP contribution in [0.5, 0.6) is 5.75 Å². The van der Waals surface area contributed by atoms with Crippen LogP contribution < -0.4 is 11.0 Å². The maximum atomic E-state index is 11.1. The van der Waals surface area contributed by atoms with Crippen LogP contribution in [-0.4, -0.2) is 21.8 Å². The summed E-state index contributed by atoms with van der Waals surface area (Å²) < 4.78 is 0. The largest absolute Gasteiger partial charge is 0.506 e. The maximum Gasteiger partial charge on any atom is 0.248 e. The highest BCUT2D eigenvalue weighted by Gasteiger charge is 2.05. The van der Waals surface area contributed by atoms with Crippen LogP contribution >= 0.6 is 0 Å². The van der Waals surface area contributed by atoms with Crippen molar-refractivity contribution in [2.45, 2.75) is 6.42 Å². The number of hydroxylamine groups is 1. The summed E-state index contributed by atoms with van der Waals surface area (Å²) in [7, 11) is 0. The SMILES string of the molecule is O=c1ccc2c(CCNO)ccc(O)c2[nH]1. The van der Waals surface area contributed by atoms with Crippen LogP contribution in [-0.2, 0) is 6.42 Å². The molecule has 16 heavy (non-hydrogen) atoms. The average molecular weight is 220 g/mol. The molecule has 0 radical (unpaired) electrons. The van der Waals surface area contributed by atoms with Crippen LogP contribution in [0.4, 0.5) is 0 Å². The fraction of sp³-hybridized carbons (Fsp3) is 0.182. The standard InChI is InChI=1S/C11H12N2O3/c14-9-3-1-7(5-6-12-16)8-2-4-10(15)13-11(8)9/h1-4,12,14,16H,5-6H2,(H,13,15). The van der Waals surface area contributed by atoms with Gasteiger partial charge in [-0.3, -0.25) is 4.79 Å². The summed E-state index contributed by atoms with van der Waals surface area (Å²) >= 11 is 0. The molecule has 0 bridgehead atoms. The van der Waals surface area contributed by atoms with Crippen molar-refractivity contribution in [3.05, 3.63) is 40.2 Å². The fourth-order valence-electron chi connectivity index (χ4n) is 1.71. The van der Waals surface area contributed by atoms with Gasteiger partial charge in [-0.1, -0.05) is 6.07 Å². The lowest BCUT2D eigenvalue weighted by Gasteiger charge is -2.07. The van der Waals surface area contributed by atoms with E-state index in [4.69, 9.17) is 5.21 Å². The predicted molar refractivity (Wildman–Crippen MR) is 59.7 cm³/mol. The third-order valence-electron chi connectivity index (χ3n) is 2.47. The van der Waals surface area contributed by atoms with Crippen LogP contribution in [0, 0.1) is 0 Å². The molecule has 5 heteroatoms. The van der Waals surface area contributed by atoms with Crippen molar-refractivity contribution in [1.29, 1.82) is 0 Å². The van der Waals surface area contributed by atoms with Crippen LogP contribution in [0.15, 0.2) is 29.1 Å². The van der Waals surface area contributed by atoms with Gasteiger partial charge in [-0.15, -0.1) is 0 Å². The topological polar surface area (TPSA) is 85.3 Å². The molecule has 0 spiro atoms. The monoisotopic (exact) mass is 220 g/mol. The van der Waals surface area contributed by atoms with E-state index in [-0.39, 0.29) is 11.3 Å². The molecule has 5 nitrogen and oxygen atoms in total. The smallest absolute Gasteiger partial charge is 0.248 e. The van der Waals surface area contributed by atoms with Gasteiger partial charge in [0.25, 0.3) is 0 Å². The number of hydrogen-bond acceptors (Lipinski definition) is 4. The lowest BCUT2D eigenvalue weighted by Crippen LogP contribution is -2.12. The lowest BCUT2D eigenvalue weighted by atomic mass is 10.1. The molecule has 2 aromatic rings. The minimum atomic E-state index is -0.250. The molecular weight excluding hydrogens is 208 g/mol. The average Bonchev–Trinajstić information content (AvgIpc) is 2.29. The highest BCUT2D eigenvalue weighted by molar-refractivity contribution is 5.87. The maximum absolute atomic E-state index is 11.1. The van der Waals surface area contributed by atoms with E-state index in [1.54, 1.807) is 12.1 Å². The molecule has 4 N–H and O–H groups in total. The molecule has 2 rings (SSSR count). The van der Waals surface area contributed by atoms with Crippen molar-refractivity contribution in [1.82, 2.24) is 10.5 Å². The quantitative estimate of drug-likeness (QED) is 0.575. The van der Waals surface area contributed by atoms with Crippen molar-refractivity contribution in [3.8, 4) is 5.75 Å². The van der Waals surface area contributed by atoms with Gasteiger partial charge in [0.15, 0.2) is 0 Å². The molecule has 0 amide bonds. The van der Waals surface area contributed by atoms with E-state index >= 15 is 0 Å². The Bertz CT molecular complexity index is 563. The fourth-order valence-corrected chi connectivity index (χ4v) is 1.71. The third kappa shape index (κ3) is 1.91. The lowest BCUT2D eigenvalue weighted by molar-refractivity contribution is 0.168. The number of phenolic OH excluding ortho intramolecular Hbond substituents is 1. The minimum Gasteiger partial charge on any atom is -0.506 e. The van der Waals surface area contributed by atoms with Gasteiger partial charge in [0, 0.05) is 18.0 Å². The van der Waals surface area contributed by atoms with Gasteiger partial charge < -0.3 is 15.3 Å². The first kappa shape index (κ1) is 10.7. The van der Waals surface area contributed by atoms with E-state index in [2.05, 4.69) is 10.5 Å². The van der Waals surface area contributed by atoms with E-state index in [1.165, 1.54) is 12.1 Å². The van der Waals surface area contributed by atoms with E-state index in [1.807, 2.05) is 0 Å².